The zero-order valence-corrected chi connectivity index (χ0v) is 31.6. The Morgan fingerprint density at radius 3 is 1.13 bits per heavy atom. The van der Waals surface area contributed by atoms with E-state index in [9.17, 15) is 0 Å². The Bertz CT molecular complexity index is 2310. The van der Waals surface area contributed by atoms with Crippen LogP contribution in [0.25, 0.3) is 11.1 Å². The van der Waals surface area contributed by atoms with Crippen LogP contribution in [0.15, 0.2) is 223 Å². The van der Waals surface area contributed by atoms with E-state index in [-0.39, 0.29) is 0 Å². The summed E-state index contributed by atoms with van der Waals surface area (Å²) in [6, 6.07) is 77.0. The molecule has 262 valence electrons. The highest BCUT2D eigenvalue weighted by Crippen LogP contribution is 2.56. The zero-order chi connectivity index (χ0) is 36.8. The average molecular weight is 736 g/mol. The molecule has 0 heterocycles. The molecule has 0 saturated carbocycles. The van der Waals surface area contributed by atoms with Gasteiger partial charge in [-0.1, -0.05) is 146 Å². The van der Waals surface area contributed by atoms with Crippen molar-refractivity contribution in [3.05, 3.63) is 218 Å². The fourth-order valence-corrected chi connectivity index (χ4v) is 14.4. The Hall–Kier alpha value is -6.18. The van der Waals surface area contributed by atoms with Crippen LogP contribution in [0.3, 0.4) is 0 Å². The summed E-state index contributed by atoms with van der Waals surface area (Å²) in [4.78, 5) is 0. The molecule has 0 unspecified atom stereocenters. The second-order valence-corrected chi connectivity index (χ2v) is 19.3. The highest BCUT2D eigenvalue weighted by atomic mass is 31.2. The Balaban J connectivity index is 1.46. The van der Waals surface area contributed by atoms with E-state index in [1.807, 2.05) is 12.1 Å². The van der Waals surface area contributed by atoms with Gasteiger partial charge in [-0.05, 0) is 83.9 Å². The molecule has 8 aromatic carbocycles. The van der Waals surface area contributed by atoms with Crippen molar-refractivity contribution < 1.29 is 0 Å². The van der Waals surface area contributed by atoms with E-state index in [0.717, 1.165) is 22.5 Å². The molecule has 5 N–H and O–H groups in total. The SMILES string of the molecule is Nc1cc(N)cc(-c2cc(N=P(c3ccccc3)(c3ccccc3)c3ccccc3)cc(N[P+](c3ccccc3)(c3ccccc3)c3ccccc3)c2)c1. The Morgan fingerprint density at radius 1 is 0.389 bits per heavy atom. The van der Waals surface area contributed by atoms with Gasteiger partial charge in [0.25, 0.3) is 0 Å². The van der Waals surface area contributed by atoms with Crippen molar-refractivity contribution in [3.8, 4) is 11.1 Å². The van der Waals surface area contributed by atoms with Crippen LogP contribution in [-0.4, -0.2) is 0 Å². The smallest absolute Gasteiger partial charge is 0.199 e. The summed E-state index contributed by atoms with van der Waals surface area (Å²) in [5, 5.41) is 11.4. The summed E-state index contributed by atoms with van der Waals surface area (Å²) >= 11 is 0. The molecule has 4 nitrogen and oxygen atoms in total. The first kappa shape index (κ1) is 34.9. The van der Waals surface area contributed by atoms with Gasteiger partial charge < -0.3 is 11.5 Å². The molecule has 0 radical (unpaired) electrons. The maximum atomic E-state index is 6.42. The van der Waals surface area contributed by atoms with E-state index < -0.39 is 14.5 Å². The van der Waals surface area contributed by atoms with Crippen LogP contribution >= 0.6 is 14.5 Å². The molecular formula is C48H41N4P2+. The highest BCUT2D eigenvalue weighted by molar-refractivity contribution is 7.96. The van der Waals surface area contributed by atoms with Crippen LogP contribution in [0.1, 0.15) is 0 Å². The number of rotatable bonds is 10. The molecule has 8 rings (SSSR count). The number of anilines is 3. The highest BCUT2D eigenvalue weighted by Gasteiger charge is 2.46. The van der Waals surface area contributed by atoms with Crippen molar-refractivity contribution in [2.45, 2.75) is 0 Å². The quantitative estimate of drug-likeness (QED) is 0.0968. The average Bonchev–Trinajstić information content (AvgIpc) is 3.23. The number of nitrogens with one attached hydrogen (secondary N) is 1. The summed E-state index contributed by atoms with van der Waals surface area (Å²) in [5.74, 6) is 0. The van der Waals surface area contributed by atoms with Crippen molar-refractivity contribution in [3.63, 3.8) is 0 Å². The maximum absolute atomic E-state index is 6.42. The summed E-state index contributed by atoms with van der Waals surface area (Å²) in [6.45, 7) is 0. The Labute approximate surface area is 318 Å². The summed E-state index contributed by atoms with van der Waals surface area (Å²) in [6.07, 6.45) is 0. The molecule has 0 aliphatic rings. The van der Waals surface area contributed by atoms with Crippen LogP contribution in [0, 0.1) is 0 Å². The molecule has 0 aromatic heterocycles. The molecule has 0 bridgehead atoms. The third-order valence-electron chi connectivity index (χ3n) is 9.61. The lowest BCUT2D eigenvalue weighted by molar-refractivity contribution is 1.52. The largest absolute Gasteiger partial charge is 0.399 e. The van der Waals surface area contributed by atoms with Gasteiger partial charge in [-0.3, -0.25) is 4.74 Å². The normalized spacial score (nSPS) is 11.5. The Kier molecular flexibility index (Phi) is 9.97. The molecule has 0 aliphatic heterocycles. The molecule has 8 aromatic rings. The van der Waals surface area contributed by atoms with Gasteiger partial charge in [-0.25, -0.2) is 5.09 Å². The van der Waals surface area contributed by atoms with Crippen molar-refractivity contribution in [1.82, 2.24) is 0 Å². The van der Waals surface area contributed by atoms with E-state index in [1.54, 1.807) is 6.07 Å². The number of nitrogens with zero attached hydrogens (tertiary/aromatic N) is 1. The molecule has 0 saturated heterocycles. The van der Waals surface area contributed by atoms with E-state index in [4.69, 9.17) is 16.2 Å². The molecule has 0 atom stereocenters. The van der Waals surface area contributed by atoms with Crippen LogP contribution < -0.4 is 48.4 Å². The van der Waals surface area contributed by atoms with Crippen LogP contribution in [-0.2, 0) is 0 Å². The second-order valence-electron chi connectivity index (χ2n) is 13.2. The van der Waals surface area contributed by atoms with E-state index >= 15 is 0 Å². The summed E-state index contributed by atoms with van der Waals surface area (Å²) in [5.41, 5.74) is 17.8. The van der Waals surface area contributed by atoms with Gasteiger partial charge in [0.15, 0.2) is 7.41 Å². The van der Waals surface area contributed by atoms with Gasteiger partial charge in [-0.15, -0.1) is 0 Å². The predicted octanol–water partition coefficient (Wildman–Crippen LogP) is 9.65. The number of hydrogen-bond donors (Lipinski definition) is 3. The molecule has 54 heavy (non-hydrogen) atoms. The minimum Gasteiger partial charge on any atom is -0.399 e. The second kappa shape index (κ2) is 15.4. The van der Waals surface area contributed by atoms with Gasteiger partial charge in [0.1, 0.15) is 15.9 Å². The Morgan fingerprint density at radius 2 is 0.741 bits per heavy atom. The standard InChI is InChI=1S/C48H41N4P2/c49-39-31-37(32-40(50)35-39)38-33-41(51-53(43-19-7-1-8-20-43,44-21-9-2-10-22-44)45-23-11-3-12-24-45)36-42(34-38)52-54(46-25-13-4-14-26-46,47-27-15-5-16-28-47)48-29-17-6-18-30-48/h1-36,51H,49-50H2/q+1. The van der Waals surface area contributed by atoms with Crippen molar-refractivity contribution in [2.75, 3.05) is 16.6 Å². The van der Waals surface area contributed by atoms with Crippen molar-refractivity contribution in [2.24, 2.45) is 4.74 Å². The monoisotopic (exact) mass is 735 g/mol. The maximum Gasteiger partial charge on any atom is 0.199 e. The first-order valence-corrected chi connectivity index (χ1v) is 21.5. The first-order chi connectivity index (χ1) is 26.5. The van der Waals surface area contributed by atoms with Crippen LogP contribution in [0.5, 0.6) is 0 Å². The fraction of sp³-hybridized carbons (Fsp3) is 0. The molecule has 0 aliphatic carbocycles. The fourth-order valence-electron chi connectivity index (χ4n) is 7.26. The minimum absolute atomic E-state index is 0.612. The topological polar surface area (TPSA) is 76.4 Å². The number of benzene rings is 8. The number of nitrogens with two attached hydrogens (primary N) is 2. The first-order valence-electron chi connectivity index (χ1n) is 18.0. The third-order valence-corrected chi connectivity index (χ3v) is 17.1. The number of nitrogen functional groups attached to an aromatic ring is 2. The summed E-state index contributed by atoms with van der Waals surface area (Å²) < 4.78 is 5.96. The molecule has 0 amide bonds. The lowest BCUT2D eigenvalue weighted by Gasteiger charge is -2.29. The van der Waals surface area contributed by atoms with Crippen LogP contribution in [0.2, 0.25) is 0 Å². The van der Waals surface area contributed by atoms with Gasteiger partial charge in [-0.2, -0.15) is 0 Å². The third kappa shape index (κ3) is 6.86. The summed E-state index contributed by atoms with van der Waals surface area (Å²) in [7, 11) is -5.08. The molecule has 0 spiro atoms. The van der Waals surface area contributed by atoms with Gasteiger partial charge in [0.2, 0.25) is 0 Å². The van der Waals surface area contributed by atoms with Gasteiger partial charge in [0, 0.05) is 27.3 Å². The minimum atomic E-state index is -2.59. The van der Waals surface area contributed by atoms with E-state index in [2.05, 4.69) is 205 Å². The zero-order valence-electron chi connectivity index (χ0n) is 29.8. The van der Waals surface area contributed by atoms with Crippen LogP contribution in [0.4, 0.5) is 22.7 Å². The molecule has 6 heteroatoms. The molecule has 0 fully saturated rings. The predicted molar refractivity (Wildman–Crippen MR) is 237 cm³/mol. The van der Waals surface area contributed by atoms with Gasteiger partial charge in [0.05, 0.1) is 18.4 Å². The lowest BCUT2D eigenvalue weighted by atomic mass is 10.0. The van der Waals surface area contributed by atoms with E-state index in [0.29, 0.717) is 11.4 Å². The molecular weight excluding hydrogens is 695 g/mol. The number of hydrogen-bond acceptors (Lipinski definition) is 4. The van der Waals surface area contributed by atoms with E-state index in [1.165, 1.54) is 31.8 Å². The van der Waals surface area contributed by atoms with Gasteiger partial charge >= 0.3 is 0 Å². The van der Waals surface area contributed by atoms with Crippen molar-refractivity contribution in [1.29, 1.82) is 0 Å². The lowest BCUT2D eigenvalue weighted by Crippen LogP contribution is -2.36. The van der Waals surface area contributed by atoms with Crippen molar-refractivity contribution >= 4 is 69.0 Å².